The molecule has 3 N–H and O–H groups in total. The number of benzene rings is 3. The molecule has 5 rings (SSSR count). The zero-order valence-electron chi connectivity index (χ0n) is 17.8. The maximum Gasteiger partial charge on any atom is 0.123 e. The van der Waals surface area contributed by atoms with Crippen molar-refractivity contribution in [3.05, 3.63) is 95.1 Å². The van der Waals surface area contributed by atoms with Gasteiger partial charge in [0.05, 0.1) is 30.4 Å². The Bertz CT molecular complexity index is 1170. The van der Waals surface area contributed by atoms with Gasteiger partial charge in [-0.25, -0.2) is 8.78 Å². The van der Waals surface area contributed by atoms with Gasteiger partial charge in [-0.3, -0.25) is 5.10 Å². The van der Waals surface area contributed by atoms with Gasteiger partial charge in [-0.05, 0) is 53.1 Å². The van der Waals surface area contributed by atoms with E-state index in [1.807, 2.05) is 18.2 Å². The van der Waals surface area contributed by atoms with Crippen LogP contribution in [0.1, 0.15) is 29.0 Å². The molecule has 1 saturated heterocycles. The summed E-state index contributed by atoms with van der Waals surface area (Å²) >= 11 is 0. The molecule has 6 nitrogen and oxygen atoms in total. The standard InChI is InChI=1S/C25H24F2N4O2/c26-18-6-2-16(3-7-18)25(17-4-8-19(27)9-5-17)24-12-23(32)22(14-33-24)28-13-15-1-10-20-21(11-15)30-31-29-20/h1-11,22-25,28,32H,12-14H2,(H,29,30,31)/t22-,23-,24+/m1/s1. The SMILES string of the molecule is O[C@@H]1C[C@@H](C(c2ccc(F)cc2)c2ccc(F)cc2)OC[C@H]1NCc1ccc2[nH]nnc2c1. The summed E-state index contributed by atoms with van der Waals surface area (Å²) in [5.41, 5.74) is 4.40. The Morgan fingerprint density at radius 3 is 2.30 bits per heavy atom. The van der Waals surface area contributed by atoms with Crippen LogP contribution in [0, 0.1) is 11.6 Å². The second-order valence-corrected chi connectivity index (χ2v) is 8.41. The number of fused-ring (bicyclic) bond motifs is 1. The highest BCUT2D eigenvalue weighted by atomic mass is 19.1. The fourth-order valence-corrected chi connectivity index (χ4v) is 4.44. The quantitative estimate of drug-likeness (QED) is 0.418. The molecule has 1 aliphatic rings. The van der Waals surface area contributed by atoms with Crippen LogP contribution in [0.15, 0.2) is 66.7 Å². The van der Waals surface area contributed by atoms with Gasteiger partial charge in [0.1, 0.15) is 17.2 Å². The van der Waals surface area contributed by atoms with Crippen LogP contribution in [0.4, 0.5) is 8.78 Å². The maximum atomic E-state index is 13.5. The first-order chi connectivity index (χ1) is 16.1. The van der Waals surface area contributed by atoms with Crippen LogP contribution in [0.5, 0.6) is 0 Å². The smallest absolute Gasteiger partial charge is 0.123 e. The fourth-order valence-electron chi connectivity index (χ4n) is 4.44. The van der Waals surface area contributed by atoms with Gasteiger partial charge in [0, 0.05) is 18.9 Å². The minimum Gasteiger partial charge on any atom is -0.391 e. The number of nitrogens with zero attached hydrogens (tertiary/aromatic N) is 2. The fraction of sp³-hybridized carbons (Fsp3) is 0.280. The Labute approximate surface area is 189 Å². The van der Waals surface area contributed by atoms with Crippen molar-refractivity contribution in [2.75, 3.05) is 6.61 Å². The van der Waals surface area contributed by atoms with Gasteiger partial charge in [0.25, 0.3) is 0 Å². The van der Waals surface area contributed by atoms with E-state index >= 15 is 0 Å². The third kappa shape index (κ3) is 4.78. The van der Waals surface area contributed by atoms with Crippen LogP contribution in [0.2, 0.25) is 0 Å². The average molecular weight is 450 g/mol. The number of hydrogen-bond acceptors (Lipinski definition) is 5. The van der Waals surface area contributed by atoms with Gasteiger partial charge in [-0.15, -0.1) is 5.10 Å². The summed E-state index contributed by atoms with van der Waals surface area (Å²) in [7, 11) is 0. The normalized spacial score (nSPS) is 21.0. The minimum absolute atomic E-state index is 0.239. The number of H-pyrrole nitrogens is 1. The van der Waals surface area contributed by atoms with E-state index in [1.54, 1.807) is 24.3 Å². The Balaban J connectivity index is 1.29. The first kappa shape index (κ1) is 21.6. The van der Waals surface area contributed by atoms with E-state index in [0.29, 0.717) is 19.6 Å². The van der Waals surface area contributed by atoms with E-state index in [9.17, 15) is 13.9 Å². The molecule has 1 aliphatic heterocycles. The first-order valence-corrected chi connectivity index (χ1v) is 10.9. The van der Waals surface area contributed by atoms with Gasteiger partial charge < -0.3 is 15.2 Å². The van der Waals surface area contributed by atoms with Crippen molar-refractivity contribution in [3.63, 3.8) is 0 Å². The van der Waals surface area contributed by atoms with Gasteiger partial charge in [0.15, 0.2) is 0 Å². The van der Waals surface area contributed by atoms with Crippen LogP contribution in [0.25, 0.3) is 11.0 Å². The number of nitrogens with one attached hydrogen (secondary N) is 2. The number of aromatic nitrogens is 3. The molecule has 3 atom stereocenters. The molecular formula is C25H24F2N4O2. The van der Waals surface area contributed by atoms with E-state index in [0.717, 1.165) is 27.7 Å². The summed E-state index contributed by atoms with van der Waals surface area (Å²) in [6, 6.07) is 18.1. The molecule has 4 aromatic rings. The van der Waals surface area contributed by atoms with Crippen LogP contribution in [0.3, 0.4) is 0 Å². The molecule has 8 heteroatoms. The number of hydrogen-bond donors (Lipinski definition) is 3. The summed E-state index contributed by atoms with van der Waals surface area (Å²) in [5, 5.41) is 24.9. The van der Waals surface area contributed by atoms with Crippen LogP contribution >= 0.6 is 0 Å². The summed E-state index contributed by atoms with van der Waals surface area (Å²) < 4.78 is 33.2. The molecular weight excluding hydrogens is 426 g/mol. The second kappa shape index (κ2) is 9.35. The molecule has 0 saturated carbocycles. The lowest BCUT2D eigenvalue weighted by Gasteiger charge is -2.38. The summed E-state index contributed by atoms with van der Waals surface area (Å²) in [6.07, 6.45) is -0.581. The summed E-state index contributed by atoms with van der Waals surface area (Å²) in [4.78, 5) is 0. The number of ether oxygens (including phenoxy) is 1. The van der Waals surface area contributed by atoms with Crippen LogP contribution in [-0.2, 0) is 11.3 Å². The summed E-state index contributed by atoms with van der Waals surface area (Å²) in [5.74, 6) is -0.903. The van der Waals surface area contributed by atoms with Crippen molar-refractivity contribution >= 4 is 11.0 Å². The predicted molar refractivity (Wildman–Crippen MR) is 120 cm³/mol. The van der Waals surface area contributed by atoms with Crippen molar-refractivity contribution in [2.24, 2.45) is 0 Å². The average Bonchev–Trinajstić information content (AvgIpc) is 3.29. The van der Waals surface area contributed by atoms with E-state index in [2.05, 4.69) is 20.7 Å². The van der Waals surface area contributed by atoms with Crippen LogP contribution < -0.4 is 5.32 Å². The predicted octanol–water partition coefficient (Wildman–Crippen LogP) is 3.68. The van der Waals surface area contributed by atoms with Crippen molar-refractivity contribution in [2.45, 2.75) is 37.1 Å². The summed E-state index contributed by atoms with van der Waals surface area (Å²) in [6.45, 7) is 0.870. The Morgan fingerprint density at radius 1 is 1.00 bits per heavy atom. The van der Waals surface area contributed by atoms with Gasteiger partial charge in [-0.2, -0.15) is 0 Å². The molecule has 0 amide bonds. The highest BCUT2D eigenvalue weighted by Gasteiger charge is 2.35. The monoisotopic (exact) mass is 450 g/mol. The third-order valence-corrected chi connectivity index (χ3v) is 6.22. The van der Waals surface area contributed by atoms with Crippen molar-refractivity contribution in [1.29, 1.82) is 0 Å². The highest BCUT2D eigenvalue weighted by molar-refractivity contribution is 5.74. The Kier molecular flexibility index (Phi) is 6.13. The molecule has 0 aliphatic carbocycles. The molecule has 33 heavy (non-hydrogen) atoms. The largest absolute Gasteiger partial charge is 0.391 e. The van der Waals surface area contributed by atoms with E-state index in [4.69, 9.17) is 4.74 Å². The maximum absolute atomic E-state index is 13.5. The van der Waals surface area contributed by atoms with Gasteiger partial charge in [0.2, 0.25) is 0 Å². The van der Waals surface area contributed by atoms with E-state index < -0.39 is 6.10 Å². The van der Waals surface area contributed by atoms with Crippen molar-refractivity contribution in [3.8, 4) is 0 Å². The lowest BCUT2D eigenvalue weighted by Crippen LogP contribution is -2.50. The molecule has 0 spiro atoms. The van der Waals surface area contributed by atoms with Crippen molar-refractivity contribution < 1.29 is 18.6 Å². The zero-order valence-corrected chi connectivity index (χ0v) is 17.8. The number of aromatic amines is 1. The Hall–Kier alpha value is -3.20. The number of halogens is 2. The van der Waals surface area contributed by atoms with Gasteiger partial charge in [-0.1, -0.05) is 35.5 Å². The zero-order chi connectivity index (χ0) is 22.8. The molecule has 0 bridgehead atoms. The number of aliphatic hydroxyl groups excluding tert-OH is 1. The van der Waals surface area contributed by atoms with Gasteiger partial charge >= 0.3 is 0 Å². The molecule has 170 valence electrons. The lowest BCUT2D eigenvalue weighted by atomic mass is 9.82. The van der Waals surface area contributed by atoms with Crippen LogP contribution in [-0.4, -0.2) is 45.4 Å². The molecule has 1 aromatic heterocycles. The minimum atomic E-state index is -0.636. The molecule has 1 fully saturated rings. The lowest BCUT2D eigenvalue weighted by molar-refractivity contribution is -0.0718. The topological polar surface area (TPSA) is 83.1 Å². The number of aliphatic hydroxyl groups is 1. The van der Waals surface area contributed by atoms with E-state index in [-0.39, 0.29) is 29.7 Å². The van der Waals surface area contributed by atoms with Crippen molar-refractivity contribution in [1.82, 2.24) is 20.7 Å². The molecule has 3 aromatic carbocycles. The van der Waals surface area contributed by atoms with E-state index in [1.165, 1.54) is 24.3 Å². The number of rotatable bonds is 6. The third-order valence-electron chi connectivity index (χ3n) is 6.22. The Morgan fingerprint density at radius 2 is 1.67 bits per heavy atom. The molecule has 0 radical (unpaired) electrons. The molecule has 2 heterocycles. The molecule has 0 unspecified atom stereocenters. The second-order valence-electron chi connectivity index (χ2n) is 8.41. The first-order valence-electron chi connectivity index (χ1n) is 10.9. The highest BCUT2D eigenvalue weighted by Crippen LogP contribution is 2.35.